The number of hydrogen-bond donors (Lipinski definition) is 2. The molecule has 0 aromatic rings. The Labute approximate surface area is 111 Å². The van der Waals surface area contributed by atoms with Crippen molar-refractivity contribution in [2.45, 2.75) is 58.0 Å². The van der Waals surface area contributed by atoms with Gasteiger partial charge in [-0.05, 0) is 52.7 Å². The number of carbonyl (C=O) groups is 1. The molecule has 1 aliphatic heterocycles. The van der Waals surface area contributed by atoms with Gasteiger partial charge in [-0.3, -0.25) is 9.69 Å². The first-order valence-electron chi connectivity index (χ1n) is 7.38. The van der Waals surface area contributed by atoms with E-state index in [0.29, 0.717) is 6.04 Å². The quantitative estimate of drug-likeness (QED) is 0.722. The van der Waals surface area contributed by atoms with Gasteiger partial charge in [-0.1, -0.05) is 13.3 Å². The molecule has 2 N–H and O–H groups in total. The van der Waals surface area contributed by atoms with E-state index in [0.717, 1.165) is 32.5 Å². The molecule has 0 bridgehead atoms. The van der Waals surface area contributed by atoms with E-state index in [1.807, 2.05) is 14.0 Å². The van der Waals surface area contributed by atoms with Crippen molar-refractivity contribution < 1.29 is 4.79 Å². The molecule has 0 saturated carbocycles. The lowest BCUT2D eigenvalue weighted by Crippen LogP contribution is -2.52. The first-order chi connectivity index (χ1) is 8.70. The lowest BCUT2D eigenvalue weighted by molar-refractivity contribution is -0.127. The Hall–Kier alpha value is -0.610. The van der Waals surface area contributed by atoms with E-state index < -0.39 is 0 Å². The number of nitrogens with one attached hydrogen (secondary N) is 2. The molecule has 2 atom stereocenters. The van der Waals surface area contributed by atoms with Gasteiger partial charge in [0, 0.05) is 12.6 Å². The molecule has 0 aromatic heterocycles. The second-order valence-corrected chi connectivity index (χ2v) is 5.25. The largest absolute Gasteiger partial charge is 0.355 e. The predicted octanol–water partition coefficient (Wildman–Crippen LogP) is 1.37. The minimum absolute atomic E-state index is 0.0127. The molecule has 1 fully saturated rings. The highest BCUT2D eigenvalue weighted by atomic mass is 16.2. The van der Waals surface area contributed by atoms with Crippen molar-refractivity contribution >= 4 is 5.91 Å². The number of likely N-dealkylation sites (tertiary alicyclic amines) is 1. The van der Waals surface area contributed by atoms with E-state index in [1.165, 1.54) is 19.3 Å². The summed E-state index contributed by atoms with van der Waals surface area (Å²) in [5.41, 5.74) is 0. The van der Waals surface area contributed by atoms with Gasteiger partial charge in [-0.25, -0.2) is 0 Å². The first-order valence-corrected chi connectivity index (χ1v) is 7.38. The maximum atomic E-state index is 12.1. The van der Waals surface area contributed by atoms with Crippen LogP contribution in [0.2, 0.25) is 0 Å². The summed E-state index contributed by atoms with van der Waals surface area (Å²) in [6.45, 7) is 7.02. The van der Waals surface area contributed by atoms with E-state index in [-0.39, 0.29) is 11.9 Å². The van der Waals surface area contributed by atoms with Crippen LogP contribution in [0.25, 0.3) is 0 Å². The second-order valence-electron chi connectivity index (χ2n) is 5.25. The second kappa shape index (κ2) is 8.48. The maximum Gasteiger partial charge on any atom is 0.237 e. The summed E-state index contributed by atoms with van der Waals surface area (Å²) in [4.78, 5) is 14.4. The van der Waals surface area contributed by atoms with E-state index in [2.05, 4.69) is 22.5 Å². The van der Waals surface area contributed by atoms with Crippen LogP contribution in [0.4, 0.5) is 0 Å². The van der Waals surface area contributed by atoms with Crippen molar-refractivity contribution in [3.05, 3.63) is 0 Å². The van der Waals surface area contributed by atoms with Gasteiger partial charge >= 0.3 is 0 Å². The summed E-state index contributed by atoms with van der Waals surface area (Å²) in [6.07, 6.45) is 5.90. The summed E-state index contributed by atoms with van der Waals surface area (Å²) in [5, 5.41) is 6.22. The Kier molecular flexibility index (Phi) is 7.28. The van der Waals surface area contributed by atoms with Crippen molar-refractivity contribution in [2.24, 2.45) is 0 Å². The molecule has 1 saturated heterocycles. The van der Waals surface area contributed by atoms with E-state index in [1.54, 1.807) is 0 Å². The molecule has 0 spiro atoms. The Bertz CT molecular complexity index is 245. The Morgan fingerprint density at radius 1 is 1.39 bits per heavy atom. The third-order valence-electron chi connectivity index (χ3n) is 3.83. The summed E-state index contributed by atoms with van der Waals surface area (Å²) in [5.74, 6) is 0.188. The van der Waals surface area contributed by atoms with Crippen molar-refractivity contribution in [1.29, 1.82) is 0 Å². The molecule has 1 amide bonds. The van der Waals surface area contributed by atoms with Gasteiger partial charge < -0.3 is 10.6 Å². The van der Waals surface area contributed by atoms with Crippen LogP contribution in [-0.4, -0.2) is 49.6 Å². The molecule has 18 heavy (non-hydrogen) atoms. The SMILES string of the molecule is CCCNC(=O)C(C)N1CCCCC1CCNC. The number of rotatable bonds is 7. The fourth-order valence-electron chi connectivity index (χ4n) is 2.70. The highest BCUT2D eigenvalue weighted by molar-refractivity contribution is 5.81. The Morgan fingerprint density at radius 2 is 2.17 bits per heavy atom. The molecular weight excluding hydrogens is 226 g/mol. The number of piperidine rings is 1. The Balaban J connectivity index is 2.50. The van der Waals surface area contributed by atoms with E-state index in [4.69, 9.17) is 0 Å². The Morgan fingerprint density at radius 3 is 2.83 bits per heavy atom. The molecule has 0 radical (unpaired) electrons. The monoisotopic (exact) mass is 255 g/mol. The van der Waals surface area contributed by atoms with Crippen LogP contribution in [0.1, 0.15) is 46.0 Å². The number of nitrogens with zero attached hydrogens (tertiary/aromatic N) is 1. The van der Waals surface area contributed by atoms with Crippen molar-refractivity contribution in [3.63, 3.8) is 0 Å². The number of hydrogen-bond acceptors (Lipinski definition) is 3. The molecule has 0 aliphatic carbocycles. The topological polar surface area (TPSA) is 44.4 Å². The zero-order valence-corrected chi connectivity index (χ0v) is 12.2. The highest BCUT2D eigenvalue weighted by Crippen LogP contribution is 2.21. The third-order valence-corrected chi connectivity index (χ3v) is 3.83. The summed E-state index contributed by atoms with van der Waals surface area (Å²) in [6, 6.07) is 0.576. The first kappa shape index (κ1) is 15.4. The summed E-state index contributed by atoms with van der Waals surface area (Å²) in [7, 11) is 1.99. The number of amides is 1. The maximum absolute atomic E-state index is 12.1. The molecule has 1 aliphatic rings. The van der Waals surface area contributed by atoms with Gasteiger partial charge in [-0.15, -0.1) is 0 Å². The zero-order chi connectivity index (χ0) is 13.4. The molecule has 1 rings (SSSR count). The van der Waals surface area contributed by atoms with Crippen molar-refractivity contribution in [2.75, 3.05) is 26.7 Å². The summed E-state index contributed by atoms with van der Waals surface area (Å²) >= 11 is 0. The van der Waals surface area contributed by atoms with Gasteiger partial charge in [0.2, 0.25) is 5.91 Å². The highest BCUT2D eigenvalue weighted by Gasteiger charge is 2.29. The van der Waals surface area contributed by atoms with Crippen LogP contribution >= 0.6 is 0 Å². The zero-order valence-electron chi connectivity index (χ0n) is 12.2. The third kappa shape index (κ3) is 4.58. The summed E-state index contributed by atoms with van der Waals surface area (Å²) < 4.78 is 0. The minimum Gasteiger partial charge on any atom is -0.355 e. The van der Waals surface area contributed by atoms with Crippen molar-refractivity contribution in [3.8, 4) is 0 Å². The standard InChI is InChI=1S/C14H29N3O/c1-4-9-16-14(18)12(2)17-11-6-5-7-13(17)8-10-15-3/h12-13,15H,4-11H2,1-3H3,(H,16,18). The van der Waals surface area contributed by atoms with Gasteiger partial charge in [0.25, 0.3) is 0 Å². The molecule has 4 nitrogen and oxygen atoms in total. The average Bonchev–Trinajstić information content (AvgIpc) is 2.42. The fraction of sp³-hybridized carbons (Fsp3) is 0.929. The van der Waals surface area contributed by atoms with E-state index >= 15 is 0 Å². The van der Waals surface area contributed by atoms with Crippen LogP contribution in [-0.2, 0) is 4.79 Å². The number of carbonyl (C=O) groups excluding carboxylic acids is 1. The predicted molar refractivity (Wildman–Crippen MR) is 75.7 cm³/mol. The fourth-order valence-corrected chi connectivity index (χ4v) is 2.70. The van der Waals surface area contributed by atoms with Crippen LogP contribution in [0.3, 0.4) is 0 Å². The van der Waals surface area contributed by atoms with Gasteiger partial charge in [0.05, 0.1) is 6.04 Å². The van der Waals surface area contributed by atoms with Gasteiger partial charge in [-0.2, -0.15) is 0 Å². The van der Waals surface area contributed by atoms with Crippen LogP contribution in [0, 0.1) is 0 Å². The molecule has 4 heteroatoms. The molecular formula is C14H29N3O. The smallest absolute Gasteiger partial charge is 0.237 e. The van der Waals surface area contributed by atoms with Gasteiger partial charge in [0.15, 0.2) is 0 Å². The molecule has 106 valence electrons. The van der Waals surface area contributed by atoms with E-state index in [9.17, 15) is 4.79 Å². The molecule has 2 unspecified atom stereocenters. The average molecular weight is 255 g/mol. The van der Waals surface area contributed by atoms with Crippen LogP contribution in [0.5, 0.6) is 0 Å². The lowest BCUT2D eigenvalue weighted by atomic mass is 9.97. The van der Waals surface area contributed by atoms with Crippen molar-refractivity contribution in [1.82, 2.24) is 15.5 Å². The van der Waals surface area contributed by atoms with Gasteiger partial charge in [0.1, 0.15) is 0 Å². The lowest BCUT2D eigenvalue weighted by Gasteiger charge is -2.39. The molecule has 0 aromatic carbocycles. The van der Waals surface area contributed by atoms with Crippen LogP contribution < -0.4 is 10.6 Å². The normalized spacial score (nSPS) is 22.7. The minimum atomic E-state index is 0.0127. The molecule has 1 heterocycles. The van der Waals surface area contributed by atoms with Crippen LogP contribution in [0.15, 0.2) is 0 Å².